The standard InChI is InChI=1S/C14H20ClNOS/c1-18-11-7-5-10(6-8-11)16-9-12-13(15)3-2-4-14(12)17/h2-4,10-11,16-17H,5-9H2,1H3. The van der Waals surface area contributed by atoms with E-state index < -0.39 is 0 Å². The molecule has 1 aliphatic carbocycles. The van der Waals surface area contributed by atoms with Crippen molar-refractivity contribution in [3.05, 3.63) is 28.8 Å². The van der Waals surface area contributed by atoms with E-state index in [0.29, 0.717) is 17.6 Å². The first kappa shape index (κ1) is 14.0. The van der Waals surface area contributed by atoms with Crippen molar-refractivity contribution < 1.29 is 5.11 Å². The van der Waals surface area contributed by atoms with E-state index in [1.807, 2.05) is 17.8 Å². The summed E-state index contributed by atoms with van der Waals surface area (Å²) in [6.07, 6.45) is 7.20. The molecule has 1 fully saturated rings. The van der Waals surface area contributed by atoms with Crippen molar-refractivity contribution in [3.8, 4) is 5.75 Å². The number of aromatic hydroxyl groups is 1. The SMILES string of the molecule is CSC1CCC(NCc2c(O)cccc2Cl)CC1. The molecule has 0 spiro atoms. The topological polar surface area (TPSA) is 32.3 Å². The van der Waals surface area contributed by atoms with Gasteiger partial charge in [-0.05, 0) is 44.1 Å². The number of thioether (sulfide) groups is 1. The van der Waals surface area contributed by atoms with Gasteiger partial charge in [-0.25, -0.2) is 0 Å². The van der Waals surface area contributed by atoms with E-state index >= 15 is 0 Å². The number of phenolic OH excluding ortho intramolecular Hbond substituents is 1. The minimum atomic E-state index is 0.285. The molecule has 0 saturated heterocycles. The van der Waals surface area contributed by atoms with Crippen LogP contribution in [0.3, 0.4) is 0 Å². The number of halogens is 1. The number of hydrogen-bond donors (Lipinski definition) is 2. The number of benzene rings is 1. The largest absolute Gasteiger partial charge is 0.508 e. The maximum atomic E-state index is 9.77. The van der Waals surface area contributed by atoms with Crippen molar-refractivity contribution in [3.63, 3.8) is 0 Å². The molecular formula is C14H20ClNOS. The smallest absolute Gasteiger partial charge is 0.121 e. The molecule has 1 aromatic rings. The Labute approximate surface area is 118 Å². The first-order valence-corrected chi connectivity index (χ1v) is 8.10. The lowest BCUT2D eigenvalue weighted by atomic mass is 9.95. The van der Waals surface area contributed by atoms with E-state index in [-0.39, 0.29) is 5.75 Å². The summed E-state index contributed by atoms with van der Waals surface area (Å²) in [6, 6.07) is 5.84. The fourth-order valence-corrected chi connectivity index (χ4v) is 3.45. The van der Waals surface area contributed by atoms with Gasteiger partial charge in [0.25, 0.3) is 0 Å². The van der Waals surface area contributed by atoms with Gasteiger partial charge in [-0.2, -0.15) is 11.8 Å². The monoisotopic (exact) mass is 285 g/mol. The zero-order valence-electron chi connectivity index (χ0n) is 10.7. The molecular weight excluding hydrogens is 266 g/mol. The second-order valence-corrected chi connectivity index (χ2v) is 6.37. The minimum absolute atomic E-state index is 0.285. The van der Waals surface area contributed by atoms with Crippen molar-refractivity contribution in [1.29, 1.82) is 0 Å². The highest BCUT2D eigenvalue weighted by Crippen LogP contribution is 2.28. The van der Waals surface area contributed by atoms with Crippen LogP contribution >= 0.6 is 23.4 Å². The van der Waals surface area contributed by atoms with Crippen LogP contribution in [0.15, 0.2) is 18.2 Å². The average molecular weight is 286 g/mol. The van der Waals surface area contributed by atoms with Gasteiger partial charge in [0.2, 0.25) is 0 Å². The second-order valence-electron chi connectivity index (χ2n) is 4.83. The van der Waals surface area contributed by atoms with Crippen LogP contribution in [0.4, 0.5) is 0 Å². The summed E-state index contributed by atoms with van der Waals surface area (Å²) in [5, 5.41) is 14.8. The molecule has 0 atom stereocenters. The first-order chi connectivity index (χ1) is 8.70. The summed E-state index contributed by atoms with van der Waals surface area (Å²) >= 11 is 8.07. The molecule has 0 heterocycles. The summed E-state index contributed by atoms with van der Waals surface area (Å²) in [4.78, 5) is 0. The van der Waals surface area contributed by atoms with E-state index in [4.69, 9.17) is 11.6 Å². The van der Waals surface area contributed by atoms with Crippen molar-refractivity contribution in [2.24, 2.45) is 0 Å². The highest BCUT2D eigenvalue weighted by Gasteiger charge is 2.20. The van der Waals surface area contributed by atoms with Gasteiger partial charge in [-0.1, -0.05) is 17.7 Å². The molecule has 0 radical (unpaired) electrons. The van der Waals surface area contributed by atoms with Gasteiger partial charge in [0, 0.05) is 28.4 Å². The van der Waals surface area contributed by atoms with E-state index in [1.54, 1.807) is 12.1 Å². The molecule has 4 heteroatoms. The number of nitrogens with one attached hydrogen (secondary N) is 1. The van der Waals surface area contributed by atoms with Crippen molar-refractivity contribution in [2.75, 3.05) is 6.26 Å². The number of phenols is 1. The zero-order valence-corrected chi connectivity index (χ0v) is 12.2. The lowest BCUT2D eigenvalue weighted by Crippen LogP contribution is -2.33. The van der Waals surface area contributed by atoms with Gasteiger partial charge >= 0.3 is 0 Å². The Bertz CT molecular complexity index is 371. The van der Waals surface area contributed by atoms with Crippen molar-refractivity contribution in [1.82, 2.24) is 5.32 Å². The molecule has 1 aliphatic rings. The quantitative estimate of drug-likeness (QED) is 0.882. The summed E-state index contributed by atoms with van der Waals surface area (Å²) in [5.41, 5.74) is 0.811. The lowest BCUT2D eigenvalue weighted by Gasteiger charge is -2.28. The van der Waals surface area contributed by atoms with E-state index in [0.717, 1.165) is 10.8 Å². The summed E-state index contributed by atoms with van der Waals surface area (Å²) in [7, 11) is 0. The molecule has 0 aromatic heterocycles. The predicted molar refractivity (Wildman–Crippen MR) is 79.5 cm³/mol. The molecule has 2 rings (SSSR count). The van der Waals surface area contributed by atoms with Crippen LogP contribution in [-0.2, 0) is 6.54 Å². The summed E-state index contributed by atoms with van der Waals surface area (Å²) in [5.74, 6) is 0.285. The fourth-order valence-electron chi connectivity index (χ4n) is 2.47. The molecule has 0 amide bonds. The molecule has 0 unspecified atom stereocenters. The summed E-state index contributed by atoms with van der Waals surface area (Å²) < 4.78 is 0. The van der Waals surface area contributed by atoms with Crippen molar-refractivity contribution >= 4 is 23.4 Å². The van der Waals surface area contributed by atoms with Crippen LogP contribution < -0.4 is 5.32 Å². The Morgan fingerprint density at radius 3 is 2.67 bits per heavy atom. The normalized spacial score (nSPS) is 24.1. The fraction of sp³-hybridized carbons (Fsp3) is 0.571. The Morgan fingerprint density at radius 2 is 2.06 bits per heavy atom. The lowest BCUT2D eigenvalue weighted by molar-refractivity contribution is 0.375. The van der Waals surface area contributed by atoms with Gasteiger partial charge in [0.1, 0.15) is 5.75 Å². The highest BCUT2D eigenvalue weighted by atomic mass is 35.5. The Morgan fingerprint density at radius 1 is 1.33 bits per heavy atom. The molecule has 100 valence electrons. The molecule has 0 aliphatic heterocycles. The third kappa shape index (κ3) is 3.56. The van der Waals surface area contributed by atoms with E-state index in [1.165, 1.54) is 25.7 Å². The third-order valence-electron chi connectivity index (χ3n) is 3.67. The minimum Gasteiger partial charge on any atom is -0.508 e. The Kier molecular flexibility index (Phi) is 5.22. The Balaban J connectivity index is 1.85. The van der Waals surface area contributed by atoms with Gasteiger partial charge in [-0.3, -0.25) is 0 Å². The van der Waals surface area contributed by atoms with E-state index in [2.05, 4.69) is 11.6 Å². The first-order valence-electron chi connectivity index (χ1n) is 6.43. The third-order valence-corrected chi connectivity index (χ3v) is 5.16. The number of hydrogen-bond acceptors (Lipinski definition) is 3. The molecule has 2 N–H and O–H groups in total. The van der Waals surface area contributed by atoms with Crippen LogP contribution in [0, 0.1) is 0 Å². The molecule has 1 saturated carbocycles. The second kappa shape index (κ2) is 6.69. The van der Waals surface area contributed by atoms with Crippen LogP contribution in [0.25, 0.3) is 0 Å². The van der Waals surface area contributed by atoms with Crippen LogP contribution in [0.2, 0.25) is 5.02 Å². The highest BCUT2D eigenvalue weighted by molar-refractivity contribution is 7.99. The van der Waals surface area contributed by atoms with Crippen LogP contribution in [0.1, 0.15) is 31.2 Å². The van der Waals surface area contributed by atoms with Gasteiger partial charge in [0.05, 0.1) is 0 Å². The number of rotatable bonds is 4. The zero-order chi connectivity index (χ0) is 13.0. The van der Waals surface area contributed by atoms with Gasteiger partial charge in [-0.15, -0.1) is 0 Å². The van der Waals surface area contributed by atoms with E-state index in [9.17, 15) is 5.11 Å². The molecule has 2 nitrogen and oxygen atoms in total. The molecule has 0 bridgehead atoms. The maximum Gasteiger partial charge on any atom is 0.121 e. The predicted octanol–water partition coefficient (Wildman–Crippen LogP) is 3.81. The van der Waals surface area contributed by atoms with Crippen LogP contribution in [-0.4, -0.2) is 22.7 Å². The van der Waals surface area contributed by atoms with Crippen molar-refractivity contribution in [2.45, 2.75) is 43.5 Å². The average Bonchev–Trinajstić information content (AvgIpc) is 2.39. The molecule has 18 heavy (non-hydrogen) atoms. The van der Waals surface area contributed by atoms with Gasteiger partial charge in [0.15, 0.2) is 0 Å². The summed E-state index contributed by atoms with van der Waals surface area (Å²) in [6.45, 7) is 0.653. The van der Waals surface area contributed by atoms with Crippen LogP contribution in [0.5, 0.6) is 5.75 Å². The Hall–Kier alpha value is -0.380. The molecule has 1 aromatic carbocycles. The maximum absolute atomic E-state index is 9.77. The van der Waals surface area contributed by atoms with Gasteiger partial charge < -0.3 is 10.4 Å².